The fourth-order valence-corrected chi connectivity index (χ4v) is 2.69. The van der Waals surface area contributed by atoms with Crippen molar-refractivity contribution in [2.45, 2.75) is 44.4 Å². The number of aliphatic hydroxyl groups excluding tert-OH is 1. The van der Waals surface area contributed by atoms with Gasteiger partial charge in [-0.05, 0) is 6.42 Å². The Hall–Kier alpha value is -1.01. The number of nitrogens with one attached hydrogen (secondary N) is 1. The largest absolute Gasteiger partial charge is 0.393 e. The molecule has 1 atom stereocenters. The summed E-state index contributed by atoms with van der Waals surface area (Å²) in [5.41, 5.74) is 1.43. The zero-order valence-electron chi connectivity index (χ0n) is 9.42. The lowest BCUT2D eigenvalue weighted by molar-refractivity contribution is -0.0505. The Morgan fingerprint density at radius 3 is 3.12 bits per heavy atom. The van der Waals surface area contributed by atoms with Gasteiger partial charge in [0.2, 0.25) is 0 Å². The fourth-order valence-electron chi connectivity index (χ4n) is 2.69. The summed E-state index contributed by atoms with van der Waals surface area (Å²) in [5, 5.41) is 16.8. The topological polar surface area (TPSA) is 50.1 Å². The van der Waals surface area contributed by atoms with E-state index in [-0.39, 0.29) is 5.69 Å². The number of rotatable bonds is 0. The first-order valence-electron chi connectivity index (χ1n) is 5.93. The normalized spacial score (nSPS) is 27.1. The Kier molecular flexibility index (Phi) is 2.45. The summed E-state index contributed by atoms with van der Waals surface area (Å²) in [4.78, 5) is 0. The minimum Gasteiger partial charge on any atom is -0.393 e. The minimum absolute atomic E-state index is 0.0104. The van der Waals surface area contributed by atoms with E-state index in [1.165, 1.54) is 4.68 Å². The summed E-state index contributed by atoms with van der Waals surface area (Å²) < 4.78 is 29.6. The molecule has 0 amide bonds. The maximum Gasteiger partial charge on any atom is 0.292 e. The van der Waals surface area contributed by atoms with Gasteiger partial charge in [-0.25, -0.2) is 0 Å². The van der Waals surface area contributed by atoms with E-state index < -0.39 is 18.4 Å². The summed E-state index contributed by atoms with van der Waals surface area (Å²) in [5.74, 6) is -2.98. The van der Waals surface area contributed by atoms with Crippen molar-refractivity contribution in [1.29, 1.82) is 0 Å². The van der Waals surface area contributed by atoms with Crippen LogP contribution in [0.5, 0.6) is 0 Å². The first kappa shape index (κ1) is 11.1. The predicted molar refractivity (Wildman–Crippen MR) is 56.8 cm³/mol. The molecule has 0 spiro atoms. The molecule has 0 bridgehead atoms. The number of alkyl halides is 2. The molecule has 1 aromatic rings. The number of hydrogen-bond donors (Lipinski definition) is 2. The summed E-state index contributed by atoms with van der Waals surface area (Å²) >= 11 is 0. The lowest BCUT2D eigenvalue weighted by atomic mass is 10.0. The minimum atomic E-state index is -2.98. The lowest BCUT2D eigenvalue weighted by Crippen LogP contribution is -2.27. The Morgan fingerprint density at radius 2 is 2.29 bits per heavy atom. The maximum atomic E-state index is 14.1. The van der Waals surface area contributed by atoms with Crippen LogP contribution in [0.15, 0.2) is 0 Å². The molecule has 0 aliphatic carbocycles. The average Bonchev–Trinajstić information content (AvgIpc) is 2.59. The van der Waals surface area contributed by atoms with E-state index in [1.54, 1.807) is 0 Å². The van der Waals surface area contributed by atoms with Gasteiger partial charge in [0.05, 0.1) is 11.8 Å². The number of aromatic nitrogens is 2. The van der Waals surface area contributed by atoms with E-state index in [9.17, 15) is 13.9 Å². The van der Waals surface area contributed by atoms with Gasteiger partial charge in [0.25, 0.3) is 5.92 Å². The van der Waals surface area contributed by atoms with Crippen molar-refractivity contribution in [3.8, 4) is 0 Å². The molecule has 3 rings (SSSR count). The van der Waals surface area contributed by atoms with Crippen LogP contribution in [-0.2, 0) is 25.4 Å². The van der Waals surface area contributed by atoms with Gasteiger partial charge in [-0.1, -0.05) is 0 Å². The molecule has 17 heavy (non-hydrogen) atoms. The molecule has 0 saturated carbocycles. The monoisotopic (exact) mass is 243 g/mol. The van der Waals surface area contributed by atoms with Crippen LogP contribution in [0.1, 0.15) is 29.8 Å². The molecular weight excluding hydrogens is 228 g/mol. The van der Waals surface area contributed by atoms with E-state index in [2.05, 4.69) is 10.4 Å². The van der Waals surface area contributed by atoms with Gasteiger partial charge < -0.3 is 10.4 Å². The zero-order chi connectivity index (χ0) is 12.0. The Bertz CT molecular complexity index is 444. The molecular formula is C11H15F2N3O. The number of aliphatic hydroxyl groups is 1. The quantitative estimate of drug-likeness (QED) is 0.708. The van der Waals surface area contributed by atoms with Gasteiger partial charge in [0, 0.05) is 38.0 Å². The second-order valence-electron chi connectivity index (χ2n) is 4.77. The number of hydrogen-bond acceptors (Lipinski definition) is 3. The molecule has 2 aliphatic heterocycles. The molecule has 2 aliphatic rings. The second-order valence-corrected chi connectivity index (χ2v) is 4.77. The van der Waals surface area contributed by atoms with Gasteiger partial charge in [0.1, 0.15) is 5.69 Å². The molecule has 0 aromatic carbocycles. The maximum absolute atomic E-state index is 14.1. The smallest absolute Gasteiger partial charge is 0.292 e. The second kappa shape index (κ2) is 3.74. The van der Waals surface area contributed by atoms with Crippen molar-refractivity contribution < 1.29 is 13.9 Å². The van der Waals surface area contributed by atoms with Crippen LogP contribution in [-0.4, -0.2) is 27.5 Å². The van der Waals surface area contributed by atoms with Crippen LogP contribution in [0.2, 0.25) is 0 Å². The van der Waals surface area contributed by atoms with Crippen molar-refractivity contribution in [3.05, 3.63) is 17.0 Å². The molecule has 0 saturated heterocycles. The van der Waals surface area contributed by atoms with Crippen LogP contribution in [0, 0.1) is 0 Å². The van der Waals surface area contributed by atoms with E-state index in [4.69, 9.17) is 0 Å². The molecule has 4 nitrogen and oxygen atoms in total. The van der Waals surface area contributed by atoms with E-state index in [1.807, 2.05) is 0 Å². The molecule has 6 heteroatoms. The van der Waals surface area contributed by atoms with Crippen molar-refractivity contribution >= 4 is 0 Å². The van der Waals surface area contributed by atoms with Crippen LogP contribution in [0.25, 0.3) is 0 Å². The third-order valence-corrected chi connectivity index (χ3v) is 3.49. The van der Waals surface area contributed by atoms with Crippen LogP contribution >= 0.6 is 0 Å². The van der Waals surface area contributed by atoms with E-state index >= 15 is 0 Å². The standard InChI is InChI=1S/C11H15F2N3O/c12-11(13)5-7(17)2-4-16-10(11)8-6-14-3-1-9(8)15-16/h7,14,17H,1-6H2/t7-/m1/s1. The SMILES string of the molecule is O[C@@H]1CCn2nc3c(c2C(F)(F)C1)CNCC3. The summed E-state index contributed by atoms with van der Waals surface area (Å²) in [7, 11) is 0. The predicted octanol–water partition coefficient (Wildman–Crippen LogP) is 0.775. The molecule has 3 heterocycles. The number of nitrogens with zero attached hydrogens (tertiary/aromatic N) is 2. The number of fused-ring (bicyclic) bond motifs is 3. The molecule has 0 unspecified atom stereocenters. The summed E-state index contributed by atoms with van der Waals surface area (Å²) in [6, 6.07) is 0. The first-order valence-corrected chi connectivity index (χ1v) is 5.93. The van der Waals surface area contributed by atoms with E-state index in [0.717, 1.165) is 12.2 Å². The number of halogens is 2. The van der Waals surface area contributed by atoms with Gasteiger partial charge in [-0.2, -0.15) is 13.9 Å². The molecule has 0 radical (unpaired) electrons. The van der Waals surface area contributed by atoms with Gasteiger partial charge in [-0.3, -0.25) is 4.68 Å². The highest BCUT2D eigenvalue weighted by atomic mass is 19.3. The Morgan fingerprint density at radius 1 is 1.47 bits per heavy atom. The van der Waals surface area contributed by atoms with Crippen molar-refractivity contribution in [2.75, 3.05) is 6.54 Å². The molecule has 2 N–H and O–H groups in total. The van der Waals surface area contributed by atoms with Gasteiger partial charge in [-0.15, -0.1) is 0 Å². The Labute approximate surface area is 97.6 Å². The third kappa shape index (κ3) is 1.75. The average molecular weight is 243 g/mol. The van der Waals surface area contributed by atoms with Crippen LogP contribution < -0.4 is 5.32 Å². The highest BCUT2D eigenvalue weighted by Gasteiger charge is 2.43. The van der Waals surface area contributed by atoms with Crippen molar-refractivity contribution in [1.82, 2.24) is 15.1 Å². The van der Waals surface area contributed by atoms with Crippen LogP contribution in [0.3, 0.4) is 0 Å². The first-order chi connectivity index (χ1) is 8.08. The lowest BCUT2D eigenvalue weighted by Gasteiger charge is -2.20. The van der Waals surface area contributed by atoms with Crippen molar-refractivity contribution in [3.63, 3.8) is 0 Å². The highest BCUT2D eigenvalue weighted by molar-refractivity contribution is 5.32. The van der Waals surface area contributed by atoms with Gasteiger partial charge >= 0.3 is 0 Å². The fraction of sp³-hybridized carbons (Fsp3) is 0.727. The van der Waals surface area contributed by atoms with E-state index in [0.29, 0.717) is 31.5 Å². The molecule has 94 valence electrons. The molecule has 0 fully saturated rings. The van der Waals surface area contributed by atoms with Crippen LogP contribution in [0.4, 0.5) is 8.78 Å². The highest BCUT2D eigenvalue weighted by Crippen LogP contribution is 2.39. The van der Waals surface area contributed by atoms with Crippen molar-refractivity contribution in [2.24, 2.45) is 0 Å². The molecule has 1 aromatic heterocycles. The summed E-state index contributed by atoms with van der Waals surface area (Å²) in [6.45, 7) is 1.62. The Balaban J connectivity index is 2.11. The number of aryl methyl sites for hydroxylation is 1. The zero-order valence-corrected chi connectivity index (χ0v) is 9.42. The third-order valence-electron chi connectivity index (χ3n) is 3.49. The summed E-state index contributed by atoms with van der Waals surface area (Å²) in [6.07, 6.45) is -0.394. The van der Waals surface area contributed by atoms with Gasteiger partial charge in [0.15, 0.2) is 0 Å².